The zero-order valence-corrected chi connectivity index (χ0v) is 15.2. The molecule has 0 radical (unpaired) electrons. The lowest BCUT2D eigenvalue weighted by molar-refractivity contribution is 0.694. The summed E-state index contributed by atoms with van der Waals surface area (Å²) < 4.78 is 2.19. The van der Waals surface area contributed by atoms with Gasteiger partial charge in [-0.25, -0.2) is 4.98 Å². The molecular weight excluding hydrogens is 330 g/mol. The van der Waals surface area contributed by atoms with Gasteiger partial charge in [0.05, 0.1) is 6.54 Å². The van der Waals surface area contributed by atoms with Crippen molar-refractivity contribution >= 4 is 17.3 Å². The molecule has 2 N–H and O–H groups in total. The molecular formula is C19H23N5S. The van der Waals surface area contributed by atoms with Crippen LogP contribution in [0, 0.1) is 0 Å². The summed E-state index contributed by atoms with van der Waals surface area (Å²) in [6.07, 6.45) is 4.74. The highest BCUT2D eigenvalue weighted by molar-refractivity contribution is 7.09. The molecule has 1 aromatic carbocycles. The summed E-state index contributed by atoms with van der Waals surface area (Å²) in [5.74, 6) is 1.89. The normalized spacial score (nSPS) is 11.5. The fourth-order valence-corrected chi connectivity index (χ4v) is 3.23. The number of aliphatic imine (C=N–C) groups is 1. The number of guanidine groups is 1. The number of aromatic nitrogens is 2. The van der Waals surface area contributed by atoms with Gasteiger partial charge in [-0.2, -0.15) is 0 Å². The third kappa shape index (κ3) is 5.19. The molecule has 3 rings (SSSR count). The van der Waals surface area contributed by atoms with E-state index in [1.54, 1.807) is 18.4 Å². The second kappa shape index (κ2) is 9.03. The van der Waals surface area contributed by atoms with E-state index in [0.29, 0.717) is 0 Å². The standard InChI is InChI=1S/C19H23N5S/c1-20-19(23-14-17-8-5-13-25-17)22-10-9-18-21-11-12-24(18)15-16-6-3-2-4-7-16/h2-8,11-13H,9-10,14-15H2,1H3,(H2,20,22,23). The first-order valence-corrected chi connectivity index (χ1v) is 9.24. The SMILES string of the molecule is CN=C(NCCc1nccn1Cc1ccccc1)NCc1cccs1. The third-order valence-corrected chi connectivity index (χ3v) is 4.75. The Morgan fingerprint density at radius 3 is 2.80 bits per heavy atom. The number of hydrogen-bond donors (Lipinski definition) is 2. The zero-order chi connectivity index (χ0) is 17.3. The van der Waals surface area contributed by atoms with E-state index in [2.05, 4.69) is 67.0 Å². The van der Waals surface area contributed by atoms with Gasteiger partial charge in [0.15, 0.2) is 5.96 Å². The first-order chi connectivity index (χ1) is 12.3. The Morgan fingerprint density at radius 1 is 1.16 bits per heavy atom. The number of benzene rings is 1. The fourth-order valence-electron chi connectivity index (χ4n) is 2.59. The van der Waals surface area contributed by atoms with Crippen LogP contribution < -0.4 is 10.6 Å². The van der Waals surface area contributed by atoms with E-state index < -0.39 is 0 Å². The van der Waals surface area contributed by atoms with Crippen molar-refractivity contribution in [1.29, 1.82) is 0 Å². The van der Waals surface area contributed by atoms with Gasteiger partial charge in [0, 0.05) is 43.8 Å². The summed E-state index contributed by atoms with van der Waals surface area (Å²) in [6.45, 7) is 2.43. The lowest BCUT2D eigenvalue weighted by Gasteiger charge is -2.12. The maximum atomic E-state index is 4.49. The van der Waals surface area contributed by atoms with Crippen molar-refractivity contribution in [2.45, 2.75) is 19.5 Å². The van der Waals surface area contributed by atoms with Crippen LogP contribution in [0.2, 0.25) is 0 Å². The topological polar surface area (TPSA) is 54.2 Å². The molecule has 25 heavy (non-hydrogen) atoms. The molecule has 0 fully saturated rings. The van der Waals surface area contributed by atoms with Crippen molar-refractivity contribution in [2.75, 3.05) is 13.6 Å². The van der Waals surface area contributed by atoms with Crippen LogP contribution in [0.3, 0.4) is 0 Å². The third-order valence-electron chi connectivity index (χ3n) is 3.87. The largest absolute Gasteiger partial charge is 0.356 e. The first kappa shape index (κ1) is 17.2. The molecule has 0 aliphatic rings. The van der Waals surface area contributed by atoms with Crippen molar-refractivity contribution in [1.82, 2.24) is 20.2 Å². The van der Waals surface area contributed by atoms with E-state index >= 15 is 0 Å². The molecule has 130 valence electrons. The predicted molar refractivity (Wildman–Crippen MR) is 104 cm³/mol. The van der Waals surface area contributed by atoms with Crippen LogP contribution >= 0.6 is 11.3 Å². The van der Waals surface area contributed by atoms with E-state index in [1.165, 1.54) is 10.4 Å². The molecule has 2 heterocycles. The molecule has 0 unspecified atom stereocenters. The van der Waals surface area contributed by atoms with Gasteiger partial charge >= 0.3 is 0 Å². The van der Waals surface area contributed by atoms with E-state index in [0.717, 1.165) is 37.8 Å². The molecule has 0 saturated carbocycles. The quantitative estimate of drug-likeness (QED) is 0.507. The van der Waals surface area contributed by atoms with Gasteiger partial charge in [0.1, 0.15) is 5.82 Å². The Kier molecular flexibility index (Phi) is 6.23. The molecule has 2 aromatic heterocycles. The zero-order valence-electron chi connectivity index (χ0n) is 14.4. The van der Waals surface area contributed by atoms with Crippen LogP contribution in [0.5, 0.6) is 0 Å². The van der Waals surface area contributed by atoms with E-state index in [4.69, 9.17) is 0 Å². The maximum absolute atomic E-state index is 4.49. The van der Waals surface area contributed by atoms with E-state index in [-0.39, 0.29) is 0 Å². The average molecular weight is 353 g/mol. The van der Waals surface area contributed by atoms with Crippen molar-refractivity contribution < 1.29 is 0 Å². The van der Waals surface area contributed by atoms with Gasteiger partial charge in [-0.15, -0.1) is 11.3 Å². The Morgan fingerprint density at radius 2 is 2.04 bits per heavy atom. The summed E-state index contributed by atoms with van der Waals surface area (Å²) in [5.41, 5.74) is 1.28. The number of imidazole rings is 1. The Balaban J connectivity index is 1.47. The molecule has 0 saturated heterocycles. The lowest BCUT2D eigenvalue weighted by atomic mass is 10.2. The van der Waals surface area contributed by atoms with Crippen LogP contribution in [0.15, 0.2) is 65.2 Å². The molecule has 0 bridgehead atoms. The highest BCUT2D eigenvalue weighted by atomic mass is 32.1. The molecule has 3 aromatic rings. The van der Waals surface area contributed by atoms with Crippen molar-refractivity contribution in [3.63, 3.8) is 0 Å². The summed E-state index contributed by atoms with van der Waals surface area (Å²) in [5, 5.41) is 8.76. The van der Waals surface area contributed by atoms with Crippen LogP contribution in [-0.4, -0.2) is 29.1 Å². The summed E-state index contributed by atoms with van der Waals surface area (Å²) in [6, 6.07) is 14.6. The molecule has 0 amide bonds. The number of hydrogen-bond acceptors (Lipinski definition) is 3. The monoisotopic (exact) mass is 353 g/mol. The van der Waals surface area contributed by atoms with E-state index in [1.807, 2.05) is 18.5 Å². The number of nitrogens with zero attached hydrogens (tertiary/aromatic N) is 3. The number of rotatable bonds is 7. The number of thiophene rings is 1. The number of nitrogens with one attached hydrogen (secondary N) is 2. The minimum Gasteiger partial charge on any atom is -0.356 e. The van der Waals surface area contributed by atoms with Gasteiger partial charge in [0.2, 0.25) is 0 Å². The Hall–Kier alpha value is -2.60. The molecule has 0 aliphatic heterocycles. The average Bonchev–Trinajstić information content (AvgIpc) is 3.31. The van der Waals surface area contributed by atoms with Crippen LogP contribution in [0.1, 0.15) is 16.3 Å². The smallest absolute Gasteiger partial charge is 0.191 e. The van der Waals surface area contributed by atoms with Gasteiger partial charge in [0.25, 0.3) is 0 Å². The second-order valence-corrected chi connectivity index (χ2v) is 6.67. The van der Waals surface area contributed by atoms with Gasteiger partial charge in [-0.1, -0.05) is 36.4 Å². The van der Waals surface area contributed by atoms with Crippen molar-refractivity contribution in [3.05, 3.63) is 76.5 Å². The van der Waals surface area contributed by atoms with Crippen molar-refractivity contribution in [2.24, 2.45) is 4.99 Å². The molecule has 6 heteroatoms. The van der Waals surface area contributed by atoms with E-state index in [9.17, 15) is 0 Å². The van der Waals surface area contributed by atoms with Gasteiger partial charge < -0.3 is 15.2 Å². The van der Waals surface area contributed by atoms with Crippen LogP contribution in [-0.2, 0) is 19.5 Å². The van der Waals surface area contributed by atoms with Gasteiger partial charge in [-0.05, 0) is 17.0 Å². The lowest BCUT2D eigenvalue weighted by Crippen LogP contribution is -2.37. The summed E-state index contributed by atoms with van der Waals surface area (Å²) >= 11 is 1.74. The summed E-state index contributed by atoms with van der Waals surface area (Å²) in [7, 11) is 1.79. The predicted octanol–water partition coefficient (Wildman–Crippen LogP) is 2.90. The molecule has 5 nitrogen and oxygen atoms in total. The van der Waals surface area contributed by atoms with Crippen LogP contribution in [0.25, 0.3) is 0 Å². The maximum Gasteiger partial charge on any atom is 0.191 e. The molecule has 0 spiro atoms. The minimum absolute atomic E-state index is 0.788. The second-order valence-electron chi connectivity index (χ2n) is 5.64. The first-order valence-electron chi connectivity index (χ1n) is 8.36. The minimum atomic E-state index is 0.788. The van der Waals surface area contributed by atoms with Gasteiger partial charge in [-0.3, -0.25) is 4.99 Å². The summed E-state index contributed by atoms with van der Waals surface area (Å²) in [4.78, 5) is 10.0. The Bertz CT molecular complexity index is 777. The molecule has 0 atom stereocenters. The highest BCUT2D eigenvalue weighted by Gasteiger charge is 2.05. The van der Waals surface area contributed by atoms with Crippen LogP contribution in [0.4, 0.5) is 0 Å². The molecule has 0 aliphatic carbocycles. The van der Waals surface area contributed by atoms with Crippen molar-refractivity contribution in [3.8, 4) is 0 Å². The Labute approximate surface area is 152 Å². The fraction of sp³-hybridized carbons (Fsp3) is 0.263. The highest BCUT2D eigenvalue weighted by Crippen LogP contribution is 2.07.